The highest BCUT2D eigenvalue weighted by Crippen LogP contribution is 2.33. The van der Waals surface area contributed by atoms with Crippen molar-refractivity contribution in [1.29, 1.82) is 5.26 Å². The van der Waals surface area contributed by atoms with Crippen LogP contribution in [0.5, 0.6) is 0 Å². The Kier molecular flexibility index (Phi) is 3.76. The first-order chi connectivity index (χ1) is 12.2. The van der Waals surface area contributed by atoms with Crippen LogP contribution in [-0.4, -0.2) is 9.55 Å². The summed E-state index contributed by atoms with van der Waals surface area (Å²) in [5.41, 5.74) is 5.23. The molecule has 0 N–H and O–H groups in total. The Labute approximate surface area is 150 Å². The fourth-order valence-corrected chi connectivity index (χ4v) is 3.29. The number of hydrogen-bond acceptors (Lipinski definition) is 2. The summed E-state index contributed by atoms with van der Waals surface area (Å²) < 4.78 is 1.93. The highest BCUT2D eigenvalue weighted by Gasteiger charge is 2.17. The van der Waals surface area contributed by atoms with Gasteiger partial charge >= 0.3 is 0 Å². The van der Waals surface area contributed by atoms with E-state index in [1.165, 1.54) is 0 Å². The Morgan fingerprint density at radius 2 is 1.84 bits per heavy atom. The van der Waals surface area contributed by atoms with E-state index in [1.807, 2.05) is 78.4 Å². The minimum Gasteiger partial charge on any atom is -0.300 e. The summed E-state index contributed by atoms with van der Waals surface area (Å²) in [6.45, 7) is 1.97. The zero-order valence-corrected chi connectivity index (χ0v) is 14.3. The molecular weight excluding hydrogens is 330 g/mol. The van der Waals surface area contributed by atoms with E-state index < -0.39 is 0 Å². The molecule has 0 saturated carbocycles. The van der Waals surface area contributed by atoms with Crippen molar-refractivity contribution in [2.24, 2.45) is 0 Å². The molecule has 0 atom stereocenters. The van der Waals surface area contributed by atoms with Gasteiger partial charge in [-0.25, -0.2) is 4.98 Å². The molecule has 2 aromatic heterocycles. The van der Waals surface area contributed by atoms with Crippen LogP contribution in [-0.2, 0) is 0 Å². The second-order valence-corrected chi connectivity index (χ2v) is 6.32. The summed E-state index contributed by atoms with van der Waals surface area (Å²) in [4.78, 5) is 4.71. The Morgan fingerprint density at radius 1 is 1.04 bits per heavy atom. The average molecular weight is 344 g/mol. The van der Waals surface area contributed by atoms with Crippen LogP contribution >= 0.6 is 11.6 Å². The van der Waals surface area contributed by atoms with Gasteiger partial charge in [0.2, 0.25) is 0 Å². The predicted molar refractivity (Wildman–Crippen MR) is 101 cm³/mol. The number of aromatic nitrogens is 2. The summed E-state index contributed by atoms with van der Waals surface area (Å²) in [5.74, 6) is 0. The van der Waals surface area contributed by atoms with Gasteiger partial charge in [-0.15, -0.1) is 0 Å². The van der Waals surface area contributed by atoms with Crippen molar-refractivity contribution in [2.75, 3.05) is 0 Å². The molecule has 0 amide bonds. The molecule has 0 fully saturated rings. The Bertz CT molecular complexity index is 1120. The molecule has 0 spiro atoms. The van der Waals surface area contributed by atoms with E-state index in [1.54, 1.807) is 0 Å². The monoisotopic (exact) mass is 343 g/mol. The normalized spacial score (nSPS) is 10.8. The number of nitrogens with zero attached hydrogens (tertiary/aromatic N) is 3. The lowest BCUT2D eigenvalue weighted by Gasteiger charge is -2.09. The first kappa shape index (κ1) is 15.4. The molecule has 2 aromatic carbocycles. The molecule has 3 nitrogen and oxygen atoms in total. The van der Waals surface area contributed by atoms with Crippen LogP contribution in [0, 0.1) is 18.3 Å². The van der Waals surface area contributed by atoms with E-state index in [4.69, 9.17) is 16.6 Å². The largest absolute Gasteiger partial charge is 0.300 e. The van der Waals surface area contributed by atoms with E-state index in [-0.39, 0.29) is 0 Å². The summed E-state index contributed by atoms with van der Waals surface area (Å²) in [7, 11) is 0. The van der Waals surface area contributed by atoms with Crippen LogP contribution in [0.15, 0.2) is 66.9 Å². The van der Waals surface area contributed by atoms with Crippen molar-refractivity contribution in [3.05, 3.63) is 83.1 Å². The second-order valence-electron chi connectivity index (χ2n) is 5.88. The van der Waals surface area contributed by atoms with Gasteiger partial charge in [-0.05, 0) is 42.3 Å². The molecule has 25 heavy (non-hydrogen) atoms. The van der Waals surface area contributed by atoms with Crippen LogP contribution in [0.1, 0.15) is 11.3 Å². The summed E-state index contributed by atoms with van der Waals surface area (Å²) in [5, 5.41) is 11.2. The van der Waals surface area contributed by atoms with Gasteiger partial charge in [-0.3, -0.25) is 4.57 Å². The molecule has 120 valence electrons. The highest BCUT2D eigenvalue weighted by molar-refractivity contribution is 6.30. The van der Waals surface area contributed by atoms with E-state index in [2.05, 4.69) is 6.07 Å². The fourth-order valence-electron chi connectivity index (χ4n) is 3.10. The molecule has 0 bridgehead atoms. The highest BCUT2D eigenvalue weighted by atomic mass is 35.5. The molecule has 0 aliphatic carbocycles. The number of pyridine rings is 1. The molecule has 0 unspecified atom stereocenters. The summed E-state index contributed by atoms with van der Waals surface area (Å²) in [6, 6.07) is 22.0. The smallest absolute Gasteiger partial charge is 0.146 e. The number of benzene rings is 2. The van der Waals surface area contributed by atoms with E-state index in [0.29, 0.717) is 10.6 Å². The zero-order chi connectivity index (χ0) is 17.4. The van der Waals surface area contributed by atoms with Crippen LogP contribution in [0.3, 0.4) is 0 Å². The summed E-state index contributed by atoms with van der Waals surface area (Å²) >= 11 is 6.15. The van der Waals surface area contributed by atoms with Crippen LogP contribution in [0.2, 0.25) is 5.02 Å². The standard InChI is InChI=1S/C21H14ClN3/c1-14-10-19(15-6-3-2-4-7-15)20-16(12-23)13-25(21(20)24-14)18-9-5-8-17(22)11-18/h2-11,13H,1H3. The van der Waals surface area contributed by atoms with Crippen molar-refractivity contribution >= 4 is 22.6 Å². The third-order valence-corrected chi connectivity index (χ3v) is 4.41. The maximum atomic E-state index is 9.67. The predicted octanol–water partition coefficient (Wildman–Crippen LogP) is 5.53. The molecule has 0 aliphatic heterocycles. The van der Waals surface area contributed by atoms with Crippen LogP contribution in [0.25, 0.3) is 27.8 Å². The molecule has 4 aromatic rings. The lowest BCUT2D eigenvalue weighted by Crippen LogP contribution is -1.95. The maximum Gasteiger partial charge on any atom is 0.146 e. The van der Waals surface area contributed by atoms with E-state index in [0.717, 1.165) is 33.5 Å². The van der Waals surface area contributed by atoms with Crippen molar-refractivity contribution < 1.29 is 0 Å². The molecule has 4 rings (SSSR count). The quantitative estimate of drug-likeness (QED) is 0.480. The van der Waals surface area contributed by atoms with Crippen LogP contribution < -0.4 is 0 Å². The van der Waals surface area contributed by atoms with Gasteiger partial charge in [0, 0.05) is 28.0 Å². The maximum absolute atomic E-state index is 9.67. The number of aryl methyl sites for hydroxylation is 1. The minimum absolute atomic E-state index is 0.598. The van der Waals surface area contributed by atoms with Gasteiger partial charge in [0.15, 0.2) is 0 Å². The zero-order valence-electron chi connectivity index (χ0n) is 13.6. The van der Waals surface area contributed by atoms with Gasteiger partial charge in [0.1, 0.15) is 11.7 Å². The number of nitriles is 1. The second kappa shape index (κ2) is 6.08. The van der Waals surface area contributed by atoms with Gasteiger partial charge < -0.3 is 0 Å². The minimum atomic E-state index is 0.598. The van der Waals surface area contributed by atoms with Crippen LogP contribution in [0.4, 0.5) is 0 Å². The van der Waals surface area contributed by atoms with E-state index >= 15 is 0 Å². The number of rotatable bonds is 2. The summed E-state index contributed by atoms with van der Waals surface area (Å²) in [6.07, 6.45) is 1.83. The molecule has 2 heterocycles. The molecular formula is C21H14ClN3. The molecule has 4 heteroatoms. The fraction of sp³-hybridized carbons (Fsp3) is 0.0476. The first-order valence-electron chi connectivity index (χ1n) is 7.91. The van der Waals surface area contributed by atoms with Gasteiger partial charge in [-0.1, -0.05) is 48.0 Å². The topological polar surface area (TPSA) is 41.6 Å². The van der Waals surface area contributed by atoms with Crippen molar-refractivity contribution in [2.45, 2.75) is 6.92 Å². The molecule has 0 aliphatic rings. The first-order valence-corrected chi connectivity index (χ1v) is 8.29. The average Bonchev–Trinajstić information content (AvgIpc) is 3.00. The van der Waals surface area contributed by atoms with Gasteiger partial charge in [0.25, 0.3) is 0 Å². The van der Waals surface area contributed by atoms with Crippen molar-refractivity contribution in [3.8, 4) is 22.9 Å². The van der Waals surface area contributed by atoms with Crippen molar-refractivity contribution in [3.63, 3.8) is 0 Å². The van der Waals surface area contributed by atoms with Gasteiger partial charge in [-0.2, -0.15) is 5.26 Å². The Morgan fingerprint density at radius 3 is 2.56 bits per heavy atom. The third kappa shape index (κ3) is 2.67. The SMILES string of the molecule is Cc1cc(-c2ccccc2)c2c(C#N)cn(-c3cccc(Cl)c3)c2n1. The van der Waals surface area contributed by atoms with Gasteiger partial charge in [0.05, 0.1) is 5.56 Å². The van der Waals surface area contributed by atoms with E-state index in [9.17, 15) is 5.26 Å². The Balaban J connectivity index is 2.09. The third-order valence-electron chi connectivity index (χ3n) is 4.18. The number of hydrogen-bond donors (Lipinski definition) is 0. The lowest BCUT2D eigenvalue weighted by molar-refractivity contribution is 1.07. The lowest BCUT2D eigenvalue weighted by atomic mass is 10.0. The number of halogens is 1. The Hall–Kier alpha value is -3.09. The van der Waals surface area contributed by atoms with Crippen molar-refractivity contribution in [1.82, 2.24) is 9.55 Å². The number of fused-ring (bicyclic) bond motifs is 1. The molecule has 0 radical (unpaired) electrons. The molecule has 0 saturated heterocycles.